The Morgan fingerprint density at radius 3 is 2.42 bits per heavy atom. The average molecular weight is 326 g/mol. The Morgan fingerprint density at radius 2 is 1.79 bits per heavy atom. The fraction of sp³-hybridized carbons (Fsp3) is 0.316. The van der Waals surface area contributed by atoms with E-state index < -0.39 is 6.10 Å². The summed E-state index contributed by atoms with van der Waals surface area (Å²) in [5.41, 5.74) is 6.41. The van der Waals surface area contributed by atoms with E-state index in [0.717, 1.165) is 30.0 Å². The number of carbonyl (C=O) groups is 1. The van der Waals surface area contributed by atoms with Gasteiger partial charge in [-0.2, -0.15) is 0 Å². The van der Waals surface area contributed by atoms with Crippen LogP contribution in [0.4, 0.5) is 5.69 Å². The van der Waals surface area contributed by atoms with Gasteiger partial charge in [0.1, 0.15) is 17.6 Å². The van der Waals surface area contributed by atoms with Gasteiger partial charge in [-0.25, -0.2) is 0 Å². The van der Waals surface area contributed by atoms with Gasteiger partial charge in [0, 0.05) is 19.3 Å². The van der Waals surface area contributed by atoms with Gasteiger partial charge < -0.3 is 20.1 Å². The van der Waals surface area contributed by atoms with Crippen molar-refractivity contribution >= 4 is 11.6 Å². The van der Waals surface area contributed by atoms with Crippen LogP contribution in [-0.2, 0) is 9.53 Å². The maximum atomic E-state index is 12.5. The highest BCUT2D eigenvalue weighted by Gasteiger charge is 2.32. The standard InChI is InChI=1S/C19H22N2O3/c1-21(19(22)18-12-11-17(13-20)24-18)14-7-9-16(10-8-14)23-15-5-3-2-4-6-15/h2-10,17-18H,11-13,20H2,1H3/t17-,18+/m1/s1. The first-order valence-electron chi connectivity index (χ1n) is 8.13. The van der Waals surface area contributed by atoms with Gasteiger partial charge in [0.25, 0.3) is 5.91 Å². The highest BCUT2D eigenvalue weighted by molar-refractivity contribution is 5.96. The normalized spacial score (nSPS) is 19.9. The highest BCUT2D eigenvalue weighted by Crippen LogP contribution is 2.26. The molecule has 1 saturated heterocycles. The molecule has 5 nitrogen and oxygen atoms in total. The molecule has 0 aromatic heterocycles. The molecule has 3 rings (SSSR count). The van der Waals surface area contributed by atoms with Gasteiger partial charge in [-0.1, -0.05) is 18.2 Å². The summed E-state index contributed by atoms with van der Waals surface area (Å²) < 4.78 is 11.4. The number of nitrogens with zero attached hydrogens (tertiary/aromatic N) is 1. The molecule has 1 aliphatic heterocycles. The number of ether oxygens (including phenoxy) is 2. The minimum Gasteiger partial charge on any atom is -0.457 e. The van der Waals surface area contributed by atoms with E-state index in [-0.39, 0.29) is 12.0 Å². The van der Waals surface area contributed by atoms with E-state index in [1.165, 1.54) is 0 Å². The molecule has 126 valence electrons. The molecule has 5 heteroatoms. The minimum absolute atomic E-state index is 0.00556. The zero-order valence-electron chi connectivity index (χ0n) is 13.7. The van der Waals surface area contributed by atoms with Gasteiger partial charge in [0.05, 0.1) is 6.10 Å². The van der Waals surface area contributed by atoms with E-state index in [2.05, 4.69) is 0 Å². The fourth-order valence-electron chi connectivity index (χ4n) is 2.77. The Morgan fingerprint density at radius 1 is 1.12 bits per heavy atom. The number of likely N-dealkylation sites (N-methyl/N-ethyl adjacent to an activating group) is 1. The second kappa shape index (κ2) is 7.47. The molecule has 1 aliphatic rings. The zero-order chi connectivity index (χ0) is 16.9. The molecule has 1 fully saturated rings. The van der Waals surface area contributed by atoms with Crippen molar-refractivity contribution in [2.75, 3.05) is 18.5 Å². The summed E-state index contributed by atoms with van der Waals surface area (Å²) in [7, 11) is 1.76. The Kier molecular flexibility index (Phi) is 5.13. The quantitative estimate of drug-likeness (QED) is 0.917. The van der Waals surface area contributed by atoms with Crippen molar-refractivity contribution in [1.82, 2.24) is 0 Å². The van der Waals surface area contributed by atoms with Crippen molar-refractivity contribution in [2.45, 2.75) is 25.0 Å². The largest absolute Gasteiger partial charge is 0.457 e. The van der Waals surface area contributed by atoms with Crippen molar-refractivity contribution in [2.24, 2.45) is 5.73 Å². The van der Waals surface area contributed by atoms with Crippen LogP contribution in [0.1, 0.15) is 12.8 Å². The number of para-hydroxylation sites is 1. The second-order valence-electron chi connectivity index (χ2n) is 5.87. The van der Waals surface area contributed by atoms with E-state index in [1.54, 1.807) is 11.9 Å². The second-order valence-corrected chi connectivity index (χ2v) is 5.87. The van der Waals surface area contributed by atoms with Gasteiger partial charge in [0.2, 0.25) is 0 Å². The molecule has 24 heavy (non-hydrogen) atoms. The number of nitrogens with two attached hydrogens (primary N) is 1. The molecule has 1 heterocycles. The molecule has 0 unspecified atom stereocenters. The molecule has 2 N–H and O–H groups in total. The first-order valence-corrected chi connectivity index (χ1v) is 8.13. The van der Waals surface area contributed by atoms with E-state index in [9.17, 15) is 4.79 Å². The highest BCUT2D eigenvalue weighted by atomic mass is 16.5. The Bertz CT molecular complexity index is 673. The topological polar surface area (TPSA) is 64.8 Å². The molecule has 0 saturated carbocycles. The molecule has 0 radical (unpaired) electrons. The molecule has 2 atom stereocenters. The molecular weight excluding hydrogens is 304 g/mol. The average Bonchev–Trinajstić information content (AvgIpc) is 3.11. The third kappa shape index (κ3) is 3.75. The molecular formula is C19H22N2O3. The Balaban J connectivity index is 1.63. The summed E-state index contributed by atoms with van der Waals surface area (Å²) in [6.07, 6.45) is 1.16. The molecule has 2 aromatic rings. The Hall–Kier alpha value is -2.37. The van der Waals surface area contributed by atoms with Gasteiger partial charge in [-0.3, -0.25) is 4.79 Å². The monoisotopic (exact) mass is 326 g/mol. The summed E-state index contributed by atoms with van der Waals surface area (Å²) in [5.74, 6) is 1.47. The summed E-state index contributed by atoms with van der Waals surface area (Å²) in [5, 5.41) is 0. The first-order chi connectivity index (χ1) is 11.7. The lowest BCUT2D eigenvalue weighted by molar-refractivity contribution is -0.128. The maximum Gasteiger partial charge on any atom is 0.255 e. The smallest absolute Gasteiger partial charge is 0.255 e. The van der Waals surface area contributed by atoms with Crippen molar-refractivity contribution in [3.8, 4) is 11.5 Å². The number of anilines is 1. The summed E-state index contributed by atoms with van der Waals surface area (Å²) >= 11 is 0. The van der Waals surface area contributed by atoms with Crippen LogP contribution in [0.2, 0.25) is 0 Å². The predicted octanol–water partition coefficient (Wildman–Crippen LogP) is 2.95. The summed E-state index contributed by atoms with van der Waals surface area (Å²) in [6.45, 7) is 0.457. The summed E-state index contributed by atoms with van der Waals surface area (Å²) in [6, 6.07) is 17.0. The van der Waals surface area contributed by atoms with E-state index >= 15 is 0 Å². The van der Waals surface area contributed by atoms with Crippen LogP contribution in [0.5, 0.6) is 11.5 Å². The van der Waals surface area contributed by atoms with Crippen molar-refractivity contribution in [3.63, 3.8) is 0 Å². The predicted molar refractivity (Wildman–Crippen MR) is 93.3 cm³/mol. The lowest BCUT2D eigenvalue weighted by atomic mass is 10.1. The van der Waals surface area contributed by atoms with Gasteiger partial charge >= 0.3 is 0 Å². The van der Waals surface area contributed by atoms with Gasteiger partial charge in [-0.15, -0.1) is 0 Å². The lowest BCUT2D eigenvalue weighted by Crippen LogP contribution is -2.37. The van der Waals surface area contributed by atoms with Crippen LogP contribution in [-0.4, -0.2) is 31.7 Å². The number of hydrogen-bond acceptors (Lipinski definition) is 4. The van der Waals surface area contributed by atoms with Crippen molar-refractivity contribution in [1.29, 1.82) is 0 Å². The van der Waals surface area contributed by atoms with Gasteiger partial charge in [0.15, 0.2) is 0 Å². The maximum absolute atomic E-state index is 12.5. The molecule has 0 spiro atoms. The van der Waals surface area contributed by atoms with E-state index in [4.69, 9.17) is 15.2 Å². The number of benzene rings is 2. The number of amides is 1. The molecule has 0 bridgehead atoms. The van der Waals surface area contributed by atoms with Crippen molar-refractivity contribution in [3.05, 3.63) is 54.6 Å². The van der Waals surface area contributed by atoms with Crippen LogP contribution < -0.4 is 15.4 Å². The number of hydrogen-bond donors (Lipinski definition) is 1. The van der Waals surface area contributed by atoms with Crippen LogP contribution in [0.15, 0.2) is 54.6 Å². The fourth-order valence-corrected chi connectivity index (χ4v) is 2.77. The van der Waals surface area contributed by atoms with E-state index in [1.807, 2.05) is 54.6 Å². The Labute approximate surface area is 142 Å². The summed E-state index contributed by atoms with van der Waals surface area (Å²) in [4.78, 5) is 14.1. The third-order valence-corrected chi connectivity index (χ3v) is 4.18. The SMILES string of the molecule is CN(C(=O)[C@@H]1CC[C@H](CN)O1)c1ccc(Oc2ccccc2)cc1. The van der Waals surface area contributed by atoms with Crippen molar-refractivity contribution < 1.29 is 14.3 Å². The third-order valence-electron chi connectivity index (χ3n) is 4.18. The zero-order valence-corrected chi connectivity index (χ0v) is 13.7. The molecule has 2 aromatic carbocycles. The lowest BCUT2D eigenvalue weighted by Gasteiger charge is -2.21. The van der Waals surface area contributed by atoms with Gasteiger partial charge in [-0.05, 0) is 49.2 Å². The molecule has 1 amide bonds. The van der Waals surface area contributed by atoms with Crippen LogP contribution in [0.25, 0.3) is 0 Å². The van der Waals surface area contributed by atoms with Crippen LogP contribution >= 0.6 is 0 Å². The first kappa shape index (κ1) is 16.5. The van der Waals surface area contributed by atoms with E-state index in [0.29, 0.717) is 6.54 Å². The minimum atomic E-state index is -0.399. The van der Waals surface area contributed by atoms with Crippen LogP contribution in [0.3, 0.4) is 0 Å². The number of rotatable bonds is 5. The molecule has 0 aliphatic carbocycles. The number of carbonyl (C=O) groups excluding carboxylic acids is 1. The van der Waals surface area contributed by atoms with Crippen LogP contribution in [0, 0.1) is 0 Å².